The summed E-state index contributed by atoms with van der Waals surface area (Å²) in [7, 11) is 0. The smallest absolute Gasteiger partial charge is 0.339 e. The van der Waals surface area contributed by atoms with E-state index in [1.54, 1.807) is 17.7 Å². The molecule has 10 heteroatoms. The third-order valence-corrected chi connectivity index (χ3v) is 4.13. The lowest BCUT2D eigenvalue weighted by atomic mass is 10.2. The molecule has 0 radical (unpaired) electrons. The van der Waals surface area contributed by atoms with Gasteiger partial charge < -0.3 is 9.64 Å². The van der Waals surface area contributed by atoms with Gasteiger partial charge in [-0.15, -0.1) is 0 Å². The Morgan fingerprint density at radius 2 is 2.04 bits per heavy atom. The maximum atomic E-state index is 11.7. The molecule has 0 spiro atoms. The maximum absolute atomic E-state index is 11.7. The van der Waals surface area contributed by atoms with Crippen molar-refractivity contribution in [3.05, 3.63) is 46.4 Å². The van der Waals surface area contributed by atoms with Crippen molar-refractivity contribution < 1.29 is 14.5 Å². The molecule has 1 aliphatic heterocycles. The molecule has 26 heavy (non-hydrogen) atoms. The van der Waals surface area contributed by atoms with Gasteiger partial charge in [0.05, 0.1) is 23.8 Å². The number of nitrogens with zero attached hydrogens (tertiary/aromatic N) is 6. The van der Waals surface area contributed by atoms with Crippen LogP contribution in [0.2, 0.25) is 0 Å². The molecule has 3 rings (SSSR count). The molecule has 1 aliphatic rings. The van der Waals surface area contributed by atoms with Gasteiger partial charge in [-0.05, 0) is 19.1 Å². The van der Waals surface area contributed by atoms with E-state index in [0.29, 0.717) is 18.8 Å². The minimum atomic E-state index is -0.451. The van der Waals surface area contributed by atoms with E-state index < -0.39 is 4.92 Å². The first-order valence-electron chi connectivity index (χ1n) is 8.34. The molecule has 1 fully saturated rings. The number of rotatable bonds is 6. The van der Waals surface area contributed by atoms with Crippen LogP contribution in [0.25, 0.3) is 0 Å². The van der Waals surface area contributed by atoms with Crippen LogP contribution in [0, 0.1) is 10.1 Å². The zero-order chi connectivity index (χ0) is 18.5. The highest BCUT2D eigenvalue weighted by molar-refractivity contribution is 5.89. The fraction of sp³-hybridized carbons (Fsp3) is 0.438. The summed E-state index contributed by atoms with van der Waals surface area (Å²) in [6.45, 7) is 5.73. The van der Waals surface area contributed by atoms with Gasteiger partial charge in [-0.1, -0.05) is 0 Å². The molecule has 0 bridgehead atoms. The predicted octanol–water partition coefficient (Wildman–Crippen LogP) is 1.14. The van der Waals surface area contributed by atoms with E-state index in [0.717, 1.165) is 32.0 Å². The summed E-state index contributed by atoms with van der Waals surface area (Å²) in [6, 6.07) is 3.54. The van der Waals surface area contributed by atoms with Crippen LogP contribution >= 0.6 is 0 Å². The van der Waals surface area contributed by atoms with Crippen LogP contribution in [-0.4, -0.2) is 63.3 Å². The van der Waals surface area contributed by atoms with Gasteiger partial charge in [0.15, 0.2) is 0 Å². The van der Waals surface area contributed by atoms with Crippen LogP contribution in [0.5, 0.6) is 0 Å². The van der Waals surface area contributed by atoms with Crippen LogP contribution < -0.4 is 4.90 Å². The summed E-state index contributed by atoms with van der Waals surface area (Å²) in [5.74, 6) is 0.442. The number of ether oxygens (including phenoxy) is 1. The number of esters is 1. The van der Waals surface area contributed by atoms with Gasteiger partial charge in [-0.2, -0.15) is 5.10 Å². The zero-order valence-electron chi connectivity index (χ0n) is 14.4. The van der Waals surface area contributed by atoms with Crippen molar-refractivity contribution in [2.75, 3.05) is 37.7 Å². The van der Waals surface area contributed by atoms with E-state index >= 15 is 0 Å². The zero-order valence-corrected chi connectivity index (χ0v) is 14.4. The molecule has 2 aromatic heterocycles. The van der Waals surface area contributed by atoms with E-state index in [9.17, 15) is 14.9 Å². The number of aromatic nitrogens is 3. The summed E-state index contributed by atoms with van der Waals surface area (Å²) in [6.07, 6.45) is 4.22. The van der Waals surface area contributed by atoms with E-state index in [1.807, 2.05) is 6.07 Å². The van der Waals surface area contributed by atoms with Crippen molar-refractivity contribution in [2.24, 2.45) is 0 Å². The lowest BCUT2D eigenvalue weighted by molar-refractivity contribution is -0.385. The van der Waals surface area contributed by atoms with Crippen molar-refractivity contribution in [3.63, 3.8) is 0 Å². The van der Waals surface area contributed by atoms with E-state index in [-0.39, 0.29) is 11.7 Å². The Bertz CT molecular complexity index is 767. The van der Waals surface area contributed by atoms with E-state index in [2.05, 4.69) is 19.9 Å². The van der Waals surface area contributed by atoms with Gasteiger partial charge in [-0.25, -0.2) is 9.78 Å². The summed E-state index contributed by atoms with van der Waals surface area (Å²) >= 11 is 0. The molecule has 1 saturated heterocycles. The first-order valence-corrected chi connectivity index (χ1v) is 8.34. The van der Waals surface area contributed by atoms with Crippen LogP contribution in [-0.2, 0) is 11.4 Å². The van der Waals surface area contributed by atoms with E-state index in [4.69, 9.17) is 4.74 Å². The second-order valence-electron chi connectivity index (χ2n) is 5.87. The van der Waals surface area contributed by atoms with Crippen LogP contribution in [0.15, 0.2) is 30.7 Å². The highest BCUT2D eigenvalue weighted by Crippen LogP contribution is 2.15. The highest BCUT2D eigenvalue weighted by Gasteiger charge is 2.19. The normalized spacial score (nSPS) is 15.0. The minimum Gasteiger partial charge on any atom is -0.462 e. The third kappa shape index (κ3) is 4.14. The van der Waals surface area contributed by atoms with Gasteiger partial charge in [0.2, 0.25) is 0 Å². The number of piperazine rings is 1. The average molecular weight is 360 g/mol. The van der Waals surface area contributed by atoms with Gasteiger partial charge in [0.25, 0.3) is 0 Å². The monoisotopic (exact) mass is 360 g/mol. The second kappa shape index (κ2) is 7.91. The SMILES string of the molecule is CCOC(=O)c1ccc(N2CCN(Cn3cc([N+](=O)[O-])cn3)CC2)nc1. The molecule has 0 amide bonds. The Morgan fingerprint density at radius 3 is 2.62 bits per heavy atom. The fourth-order valence-corrected chi connectivity index (χ4v) is 2.76. The van der Waals surface area contributed by atoms with E-state index in [1.165, 1.54) is 18.6 Å². The van der Waals surface area contributed by atoms with Gasteiger partial charge in [-0.3, -0.25) is 19.7 Å². The van der Waals surface area contributed by atoms with Crippen molar-refractivity contribution in [3.8, 4) is 0 Å². The maximum Gasteiger partial charge on any atom is 0.339 e. The molecule has 0 N–H and O–H groups in total. The topological polar surface area (TPSA) is 107 Å². The Kier molecular flexibility index (Phi) is 5.42. The largest absolute Gasteiger partial charge is 0.462 e. The Balaban J connectivity index is 1.53. The van der Waals surface area contributed by atoms with Crippen LogP contribution in [0.3, 0.4) is 0 Å². The molecule has 0 saturated carbocycles. The predicted molar refractivity (Wildman–Crippen MR) is 92.9 cm³/mol. The third-order valence-electron chi connectivity index (χ3n) is 4.13. The Hall–Kier alpha value is -3.01. The number of carbonyl (C=O) groups excluding carboxylic acids is 1. The number of pyridine rings is 1. The molecule has 0 aliphatic carbocycles. The number of carbonyl (C=O) groups is 1. The lowest BCUT2D eigenvalue weighted by Gasteiger charge is -2.35. The summed E-state index contributed by atoms with van der Waals surface area (Å²) in [4.78, 5) is 30.6. The van der Waals surface area contributed by atoms with Crippen molar-refractivity contribution in [2.45, 2.75) is 13.6 Å². The molecule has 138 valence electrons. The number of hydrogen-bond donors (Lipinski definition) is 0. The first-order chi connectivity index (χ1) is 12.6. The first kappa shape index (κ1) is 17.8. The average Bonchev–Trinajstić information content (AvgIpc) is 3.12. The van der Waals surface area contributed by atoms with Gasteiger partial charge in [0.1, 0.15) is 18.2 Å². The molecule has 0 atom stereocenters. The summed E-state index contributed by atoms with van der Waals surface area (Å²) in [5.41, 5.74) is 0.434. The molecule has 2 aromatic rings. The van der Waals surface area contributed by atoms with Crippen molar-refractivity contribution in [1.82, 2.24) is 19.7 Å². The van der Waals surface area contributed by atoms with Gasteiger partial charge in [0, 0.05) is 32.4 Å². The Morgan fingerprint density at radius 1 is 1.27 bits per heavy atom. The molecule has 3 heterocycles. The molecule has 10 nitrogen and oxygen atoms in total. The van der Waals surface area contributed by atoms with Gasteiger partial charge >= 0.3 is 11.7 Å². The second-order valence-corrected chi connectivity index (χ2v) is 5.87. The number of hydrogen-bond acceptors (Lipinski definition) is 8. The quantitative estimate of drug-likeness (QED) is 0.429. The molecule has 0 unspecified atom stereocenters. The lowest BCUT2D eigenvalue weighted by Crippen LogP contribution is -2.47. The summed E-state index contributed by atoms with van der Waals surface area (Å²) in [5, 5.41) is 14.7. The van der Waals surface area contributed by atoms with Crippen molar-refractivity contribution in [1.29, 1.82) is 0 Å². The molecular weight excluding hydrogens is 340 g/mol. The van der Waals surface area contributed by atoms with Crippen LogP contribution in [0.1, 0.15) is 17.3 Å². The standard InChI is InChI=1S/C16H20N6O4/c1-2-26-16(23)13-3-4-15(17-9-13)20-7-5-19(6-8-20)12-21-11-14(10-18-21)22(24)25/h3-4,9-11H,2,5-8,12H2,1H3. The van der Waals surface area contributed by atoms with Crippen molar-refractivity contribution >= 4 is 17.5 Å². The number of nitro groups is 1. The molecular formula is C16H20N6O4. The molecule has 0 aromatic carbocycles. The Labute approximate surface area is 150 Å². The number of anilines is 1. The highest BCUT2D eigenvalue weighted by atomic mass is 16.6. The van der Waals surface area contributed by atoms with Crippen LogP contribution in [0.4, 0.5) is 11.5 Å². The summed E-state index contributed by atoms with van der Waals surface area (Å²) < 4.78 is 6.52. The minimum absolute atomic E-state index is 0.00507. The fourth-order valence-electron chi connectivity index (χ4n) is 2.76.